The van der Waals surface area contributed by atoms with Crippen LogP contribution in [0.25, 0.3) is 10.8 Å². The van der Waals surface area contributed by atoms with E-state index in [2.05, 4.69) is 54.7 Å². The SMILES string of the molecule is CC1CNC(c2cccc3ccccc23)CS(=O)C1. The summed E-state index contributed by atoms with van der Waals surface area (Å²) in [6.07, 6.45) is 0. The van der Waals surface area contributed by atoms with Gasteiger partial charge in [0.2, 0.25) is 0 Å². The van der Waals surface area contributed by atoms with Crippen LogP contribution in [0.4, 0.5) is 0 Å². The Morgan fingerprint density at radius 2 is 1.89 bits per heavy atom. The molecule has 100 valence electrons. The molecule has 2 nitrogen and oxygen atoms in total. The number of hydrogen-bond acceptors (Lipinski definition) is 2. The van der Waals surface area contributed by atoms with Crippen molar-refractivity contribution >= 4 is 21.6 Å². The lowest BCUT2D eigenvalue weighted by atomic mass is 9.99. The molecule has 0 spiro atoms. The quantitative estimate of drug-likeness (QED) is 0.865. The predicted octanol–water partition coefficient (Wildman–Crippen LogP) is 2.87. The second-order valence-electron chi connectivity index (χ2n) is 5.41. The van der Waals surface area contributed by atoms with Gasteiger partial charge < -0.3 is 5.32 Å². The van der Waals surface area contributed by atoms with E-state index in [0.717, 1.165) is 18.1 Å². The molecule has 1 aliphatic rings. The van der Waals surface area contributed by atoms with Crippen LogP contribution < -0.4 is 5.32 Å². The van der Waals surface area contributed by atoms with Crippen LogP contribution in [0.5, 0.6) is 0 Å². The zero-order chi connectivity index (χ0) is 13.2. The van der Waals surface area contributed by atoms with E-state index in [1.54, 1.807) is 0 Å². The summed E-state index contributed by atoms with van der Waals surface area (Å²) in [5.41, 5.74) is 1.28. The fraction of sp³-hybridized carbons (Fsp3) is 0.375. The molecule has 0 radical (unpaired) electrons. The van der Waals surface area contributed by atoms with Crippen molar-refractivity contribution in [2.75, 3.05) is 18.1 Å². The molecule has 2 aromatic rings. The molecule has 1 saturated heterocycles. The predicted molar refractivity (Wildman–Crippen MR) is 81.7 cm³/mol. The molecule has 1 N–H and O–H groups in total. The molecule has 1 fully saturated rings. The topological polar surface area (TPSA) is 29.1 Å². The summed E-state index contributed by atoms with van der Waals surface area (Å²) in [5.74, 6) is 2.02. The fourth-order valence-corrected chi connectivity index (χ4v) is 4.34. The monoisotopic (exact) mass is 273 g/mol. The second-order valence-corrected chi connectivity index (χ2v) is 6.95. The Kier molecular flexibility index (Phi) is 3.67. The molecule has 2 aromatic carbocycles. The zero-order valence-electron chi connectivity index (χ0n) is 11.1. The van der Waals surface area contributed by atoms with Crippen LogP contribution >= 0.6 is 0 Å². The van der Waals surface area contributed by atoms with Gasteiger partial charge in [-0.05, 0) is 28.8 Å². The van der Waals surface area contributed by atoms with Gasteiger partial charge >= 0.3 is 0 Å². The van der Waals surface area contributed by atoms with Crippen LogP contribution in [0.1, 0.15) is 18.5 Å². The minimum absolute atomic E-state index is 0.205. The Hall–Kier alpha value is -1.19. The number of rotatable bonds is 1. The number of benzene rings is 2. The zero-order valence-corrected chi connectivity index (χ0v) is 12.0. The Morgan fingerprint density at radius 3 is 2.79 bits per heavy atom. The fourth-order valence-electron chi connectivity index (χ4n) is 2.79. The lowest BCUT2D eigenvalue weighted by Crippen LogP contribution is -2.26. The lowest BCUT2D eigenvalue weighted by Gasteiger charge is -2.18. The van der Waals surface area contributed by atoms with Gasteiger partial charge in [-0.3, -0.25) is 4.21 Å². The average Bonchev–Trinajstić information content (AvgIpc) is 2.59. The largest absolute Gasteiger partial charge is 0.309 e. The molecule has 0 bridgehead atoms. The van der Waals surface area contributed by atoms with Crippen molar-refractivity contribution in [1.29, 1.82) is 0 Å². The van der Waals surface area contributed by atoms with Gasteiger partial charge in [-0.2, -0.15) is 0 Å². The third-order valence-electron chi connectivity index (χ3n) is 3.73. The Morgan fingerprint density at radius 1 is 1.11 bits per heavy atom. The van der Waals surface area contributed by atoms with Gasteiger partial charge in [-0.1, -0.05) is 49.4 Å². The number of hydrogen-bond donors (Lipinski definition) is 1. The van der Waals surface area contributed by atoms with Gasteiger partial charge in [-0.25, -0.2) is 0 Å². The Labute approximate surface area is 116 Å². The van der Waals surface area contributed by atoms with Crippen LogP contribution in [0.2, 0.25) is 0 Å². The van der Waals surface area contributed by atoms with E-state index >= 15 is 0 Å². The molecule has 0 aromatic heterocycles. The molecule has 3 rings (SSSR count). The van der Waals surface area contributed by atoms with E-state index in [-0.39, 0.29) is 6.04 Å². The maximum Gasteiger partial charge on any atom is 0.0443 e. The molecule has 19 heavy (non-hydrogen) atoms. The Bertz CT molecular complexity index is 605. The summed E-state index contributed by atoms with van der Waals surface area (Å²) in [7, 11) is -0.724. The van der Waals surface area contributed by atoms with Gasteiger partial charge in [0.15, 0.2) is 0 Å². The minimum atomic E-state index is -0.724. The molecule has 0 amide bonds. The standard InChI is InChI=1S/C16H19NOS/c1-12-9-17-16(11-19(18)10-12)15-8-4-6-13-5-2-3-7-14(13)15/h2-8,12,16-17H,9-11H2,1H3. The smallest absolute Gasteiger partial charge is 0.0443 e. The van der Waals surface area contributed by atoms with Crippen LogP contribution in [0.3, 0.4) is 0 Å². The first-order valence-corrected chi connectivity index (χ1v) is 8.29. The maximum absolute atomic E-state index is 12.1. The van der Waals surface area contributed by atoms with Crippen LogP contribution in [0.15, 0.2) is 42.5 Å². The molecule has 0 saturated carbocycles. The van der Waals surface area contributed by atoms with Gasteiger partial charge in [0.1, 0.15) is 0 Å². The molecule has 0 aliphatic carbocycles. The molecule has 3 unspecified atom stereocenters. The summed E-state index contributed by atoms with van der Waals surface area (Å²) < 4.78 is 12.1. The van der Waals surface area contributed by atoms with E-state index < -0.39 is 10.8 Å². The van der Waals surface area contributed by atoms with E-state index in [0.29, 0.717) is 5.92 Å². The van der Waals surface area contributed by atoms with Crippen molar-refractivity contribution in [2.45, 2.75) is 13.0 Å². The summed E-state index contributed by atoms with van der Waals surface area (Å²) in [6.45, 7) is 3.11. The third-order valence-corrected chi connectivity index (χ3v) is 5.38. The van der Waals surface area contributed by atoms with E-state index in [4.69, 9.17) is 0 Å². The second kappa shape index (κ2) is 5.43. The lowest BCUT2D eigenvalue weighted by molar-refractivity contribution is 0.519. The van der Waals surface area contributed by atoms with Gasteiger partial charge in [0, 0.05) is 28.3 Å². The van der Waals surface area contributed by atoms with Crippen LogP contribution in [-0.4, -0.2) is 22.3 Å². The highest BCUT2D eigenvalue weighted by Crippen LogP contribution is 2.26. The van der Waals surface area contributed by atoms with Gasteiger partial charge in [-0.15, -0.1) is 0 Å². The van der Waals surface area contributed by atoms with Crippen molar-refractivity contribution < 1.29 is 4.21 Å². The van der Waals surface area contributed by atoms with Gasteiger partial charge in [0.25, 0.3) is 0 Å². The van der Waals surface area contributed by atoms with Crippen molar-refractivity contribution in [2.24, 2.45) is 5.92 Å². The minimum Gasteiger partial charge on any atom is -0.309 e. The highest BCUT2D eigenvalue weighted by atomic mass is 32.2. The molecule has 3 heteroatoms. The first-order valence-electron chi connectivity index (χ1n) is 6.80. The van der Waals surface area contributed by atoms with Crippen molar-refractivity contribution in [3.63, 3.8) is 0 Å². The Balaban J connectivity index is 2.01. The molecular weight excluding hydrogens is 254 g/mol. The summed E-state index contributed by atoms with van der Waals surface area (Å²) in [6, 6.07) is 15.0. The summed E-state index contributed by atoms with van der Waals surface area (Å²) in [4.78, 5) is 0. The molecule has 1 aliphatic heterocycles. The van der Waals surface area contributed by atoms with Crippen LogP contribution in [-0.2, 0) is 10.8 Å². The summed E-state index contributed by atoms with van der Waals surface area (Å²) in [5, 5.41) is 6.10. The van der Waals surface area contributed by atoms with Crippen molar-refractivity contribution in [1.82, 2.24) is 5.32 Å². The number of nitrogens with one attached hydrogen (secondary N) is 1. The summed E-state index contributed by atoms with van der Waals surface area (Å²) >= 11 is 0. The highest BCUT2D eigenvalue weighted by Gasteiger charge is 2.22. The molecule has 3 atom stereocenters. The first-order chi connectivity index (χ1) is 9.24. The average molecular weight is 273 g/mol. The molecule has 1 heterocycles. The molecular formula is C16H19NOS. The van der Waals surface area contributed by atoms with E-state index in [1.165, 1.54) is 16.3 Å². The maximum atomic E-state index is 12.1. The van der Waals surface area contributed by atoms with Gasteiger partial charge in [0.05, 0.1) is 0 Å². The highest BCUT2D eigenvalue weighted by molar-refractivity contribution is 7.85. The van der Waals surface area contributed by atoms with Crippen LogP contribution in [0, 0.1) is 5.92 Å². The van der Waals surface area contributed by atoms with E-state index in [9.17, 15) is 4.21 Å². The van der Waals surface area contributed by atoms with Crippen molar-refractivity contribution in [3.8, 4) is 0 Å². The normalized spacial score (nSPS) is 28.2. The number of fused-ring (bicyclic) bond motifs is 1. The van der Waals surface area contributed by atoms with E-state index in [1.807, 2.05) is 0 Å². The third kappa shape index (κ3) is 2.72. The van der Waals surface area contributed by atoms with Crippen molar-refractivity contribution in [3.05, 3.63) is 48.0 Å². The first kappa shape index (κ1) is 12.8.